The van der Waals surface area contributed by atoms with Gasteiger partial charge >= 0.3 is 0 Å². The number of hydrogen-bond acceptors (Lipinski definition) is 3. The third kappa shape index (κ3) is 3.28. The molecule has 0 amide bonds. The molecule has 0 aromatic carbocycles. The Morgan fingerprint density at radius 1 is 1.62 bits per heavy atom. The molecule has 0 fully saturated rings. The van der Waals surface area contributed by atoms with Gasteiger partial charge in [-0.15, -0.1) is 0 Å². The van der Waals surface area contributed by atoms with Gasteiger partial charge in [0.2, 0.25) is 5.95 Å². The van der Waals surface area contributed by atoms with E-state index in [9.17, 15) is 8.60 Å². The average molecular weight is 223 g/mol. The maximum absolute atomic E-state index is 12.9. The molecule has 0 saturated carbocycles. The third-order valence-corrected chi connectivity index (χ3v) is 1.95. The fraction of sp³-hybridized carbons (Fsp3) is 0.286. The molecule has 0 radical (unpaired) electrons. The van der Waals surface area contributed by atoms with Crippen molar-refractivity contribution in [2.24, 2.45) is 4.36 Å². The molecule has 0 aliphatic rings. The van der Waals surface area contributed by atoms with Gasteiger partial charge < -0.3 is 0 Å². The minimum absolute atomic E-state index is 0.0671. The van der Waals surface area contributed by atoms with Crippen LogP contribution in [0.4, 0.5) is 10.1 Å². The van der Waals surface area contributed by atoms with E-state index in [1.54, 1.807) is 0 Å². The van der Waals surface area contributed by atoms with Crippen LogP contribution in [0.25, 0.3) is 0 Å². The second-order valence-corrected chi connectivity index (χ2v) is 5.72. The first-order valence-corrected chi connectivity index (χ1v) is 6.07. The van der Waals surface area contributed by atoms with Crippen molar-refractivity contribution in [2.45, 2.75) is 0 Å². The number of aromatic nitrogens is 1. The zero-order chi connectivity index (χ0) is 10.1. The molecule has 0 spiro atoms. The van der Waals surface area contributed by atoms with Gasteiger partial charge in [-0.3, -0.25) is 0 Å². The molecule has 3 nitrogen and oxygen atoms in total. The molecule has 0 atom stereocenters. The summed E-state index contributed by atoms with van der Waals surface area (Å²) in [6, 6.07) is 1.29. The lowest BCUT2D eigenvalue weighted by Gasteiger charge is -1.98. The lowest BCUT2D eigenvalue weighted by molar-refractivity contribution is 0.586. The van der Waals surface area contributed by atoms with Crippen LogP contribution in [-0.4, -0.2) is 21.7 Å². The van der Waals surface area contributed by atoms with Crippen LogP contribution in [0.15, 0.2) is 16.6 Å². The summed E-state index contributed by atoms with van der Waals surface area (Å²) in [5.74, 6) is -0.763. The highest BCUT2D eigenvalue weighted by Crippen LogP contribution is 2.21. The van der Waals surface area contributed by atoms with Crippen LogP contribution >= 0.6 is 11.6 Å². The predicted molar refractivity (Wildman–Crippen MR) is 51.3 cm³/mol. The largest absolute Gasteiger partial charge is 0.250 e. The molecule has 0 saturated heterocycles. The maximum atomic E-state index is 12.9. The van der Waals surface area contributed by atoms with Crippen LogP contribution in [0, 0.1) is 5.95 Å². The number of rotatable bonds is 1. The predicted octanol–water partition coefficient (Wildman–Crippen LogP) is 2.23. The fourth-order valence-corrected chi connectivity index (χ4v) is 1.47. The molecule has 0 aliphatic carbocycles. The molecule has 0 aliphatic heterocycles. The summed E-state index contributed by atoms with van der Waals surface area (Å²) in [5.41, 5.74) is -0.0671. The quantitative estimate of drug-likeness (QED) is 0.684. The van der Waals surface area contributed by atoms with Gasteiger partial charge in [-0.1, -0.05) is 11.6 Å². The molecule has 13 heavy (non-hydrogen) atoms. The van der Waals surface area contributed by atoms with Crippen molar-refractivity contribution >= 4 is 27.0 Å². The van der Waals surface area contributed by atoms with Crippen molar-refractivity contribution in [1.29, 1.82) is 0 Å². The second kappa shape index (κ2) is 3.59. The van der Waals surface area contributed by atoms with E-state index in [2.05, 4.69) is 9.35 Å². The Morgan fingerprint density at radius 3 is 2.77 bits per heavy atom. The number of hydrogen-bond donors (Lipinski definition) is 0. The van der Waals surface area contributed by atoms with Crippen molar-refractivity contribution in [3.05, 3.63) is 23.2 Å². The molecule has 0 unspecified atom stereocenters. The first-order valence-electron chi connectivity index (χ1n) is 3.37. The molecule has 0 N–H and O–H groups in total. The van der Waals surface area contributed by atoms with Crippen molar-refractivity contribution in [2.75, 3.05) is 12.5 Å². The Hall–Kier alpha value is -0.680. The molecular weight excluding hydrogens is 215 g/mol. The average Bonchev–Trinajstić information content (AvgIpc) is 1.94. The first kappa shape index (κ1) is 10.4. The second-order valence-electron chi connectivity index (χ2n) is 2.74. The van der Waals surface area contributed by atoms with E-state index < -0.39 is 15.7 Å². The first-order chi connectivity index (χ1) is 5.88. The highest BCUT2D eigenvalue weighted by molar-refractivity contribution is 7.92. The summed E-state index contributed by atoms with van der Waals surface area (Å²) in [7, 11) is -2.38. The number of halogens is 2. The van der Waals surface area contributed by atoms with E-state index in [0.29, 0.717) is 0 Å². The van der Waals surface area contributed by atoms with Gasteiger partial charge in [0.1, 0.15) is 5.69 Å². The van der Waals surface area contributed by atoms with Crippen LogP contribution < -0.4 is 0 Å². The normalized spacial score (nSPS) is 11.4. The van der Waals surface area contributed by atoms with Crippen molar-refractivity contribution < 1.29 is 8.60 Å². The smallest absolute Gasteiger partial charge is 0.239 e. The minimum atomic E-state index is -2.38. The van der Waals surface area contributed by atoms with Crippen LogP contribution in [0.5, 0.6) is 0 Å². The van der Waals surface area contributed by atoms with Gasteiger partial charge in [-0.05, 0) is 6.07 Å². The van der Waals surface area contributed by atoms with Gasteiger partial charge in [-0.25, -0.2) is 9.19 Å². The van der Waals surface area contributed by atoms with Gasteiger partial charge in [0, 0.05) is 28.4 Å². The molecule has 72 valence electrons. The van der Waals surface area contributed by atoms with E-state index in [4.69, 9.17) is 11.6 Å². The molecule has 0 bridgehead atoms. The summed E-state index contributed by atoms with van der Waals surface area (Å²) in [4.78, 5) is 3.34. The van der Waals surface area contributed by atoms with Gasteiger partial charge in [0.05, 0.1) is 5.02 Å². The van der Waals surface area contributed by atoms with Crippen molar-refractivity contribution in [1.82, 2.24) is 4.98 Å². The van der Waals surface area contributed by atoms with E-state index in [1.165, 1.54) is 24.8 Å². The van der Waals surface area contributed by atoms with Crippen molar-refractivity contribution in [3.8, 4) is 0 Å². The monoisotopic (exact) mass is 222 g/mol. The SMILES string of the molecule is CS(C)(=O)=Nc1cc(Cl)cnc1F. The molecule has 1 rings (SSSR count). The summed E-state index contributed by atoms with van der Waals surface area (Å²) in [5, 5.41) is 0.267. The van der Waals surface area contributed by atoms with Gasteiger partial charge in [0.25, 0.3) is 0 Å². The molecule has 1 heterocycles. The Kier molecular flexibility index (Phi) is 2.87. The molecular formula is C7H8ClFN2OS. The third-order valence-electron chi connectivity index (χ3n) is 1.11. The van der Waals surface area contributed by atoms with Crippen LogP contribution in [-0.2, 0) is 9.73 Å². The lowest BCUT2D eigenvalue weighted by atomic mass is 10.4. The van der Waals surface area contributed by atoms with Crippen molar-refractivity contribution in [3.63, 3.8) is 0 Å². The van der Waals surface area contributed by atoms with E-state index in [0.717, 1.165) is 0 Å². The topological polar surface area (TPSA) is 42.3 Å². The zero-order valence-electron chi connectivity index (χ0n) is 7.12. The zero-order valence-corrected chi connectivity index (χ0v) is 8.69. The Labute approximate surface area is 81.1 Å². The molecule has 6 heteroatoms. The Bertz CT molecular complexity index is 432. The molecule has 1 aromatic rings. The highest BCUT2D eigenvalue weighted by Gasteiger charge is 2.04. The maximum Gasteiger partial charge on any atom is 0.239 e. The van der Waals surface area contributed by atoms with Crippen LogP contribution in [0.1, 0.15) is 0 Å². The Balaban J connectivity index is 3.31. The van der Waals surface area contributed by atoms with E-state index in [1.807, 2.05) is 0 Å². The summed E-state index contributed by atoms with van der Waals surface area (Å²) in [6.45, 7) is 0. The van der Waals surface area contributed by atoms with E-state index in [-0.39, 0.29) is 10.7 Å². The summed E-state index contributed by atoms with van der Waals surface area (Å²) in [6.07, 6.45) is 3.99. The highest BCUT2D eigenvalue weighted by atomic mass is 35.5. The fourth-order valence-electron chi connectivity index (χ4n) is 0.713. The summed E-state index contributed by atoms with van der Waals surface area (Å²) >= 11 is 5.56. The van der Waals surface area contributed by atoms with Gasteiger partial charge in [-0.2, -0.15) is 8.75 Å². The standard InChI is InChI=1S/C7H8ClFN2OS/c1-13(2,12)11-6-3-5(8)4-10-7(6)9/h3-4H,1-2H3. The lowest BCUT2D eigenvalue weighted by Crippen LogP contribution is -1.91. The van der Waals surface area contributed by atoms with Gasteiger partial charge in [0.15, 0.2) is 0 Å². The van der Waals surface area contributed by atoms with Crippen LogP contribution in [0.2, 0.25) is 5.02 Å². The number of nitrogens with zero attached hydrogens (tertiary/aromatic N) is 2. The van der Waals surface area contributed by atoms with E-state index >= 15 is 0 Å². The Morgan fingerprint density at radius 2 is 2.23 bits per heavy atom. The minimum Gasteiger partial charge on any atom is -0.250 e. The van der Waals surface area contributed by atoms with Crippen LogP contribution in [0.3, 0.4) is 0 Å². The molecule has 1 aromatic heterocycles. The summed E-state index contributed by atoms with van der Waals surface area (Å²) < 4.78 is 27.8. The number of pyridine rings is 1.